The van der Waals surface area contributed by atoms with Crippen LogP contribution in [0.2, 0.25) is 0 Å². The van der Waals surface area contributed by atoms with Crippen LogP contribution in [0.3, 0.4) is 0 Å². The Morgan fingerprint density at radius 3 is 2.85 bits per heavy atom. The minimum absolute atomic E-state index is 0.0400. The minimum atomic E-state index is 0.0400. The molecule has 0 spiro atoms. The molecule has 0 aliphatic heterocycles. The Labute approximate surface area is 118 Å². The van der Waals surface area contributed by atoms with Crippen LogP contribution in [0.5, 0.6) is 5.75 Å². The number of aromatic hydroxyl groups is 1. The van der Waals surface area contributed by atoms with Gasteiger partial charge >= 0.3 is 0 Å². The molecule has 3 rings (SSSR count). The molecule has 1 atom stereocenters. The summed E-state index contributed by atoms with van der Waals surface area (Å²) >= 11 is 0. The second kappa shape index (κ2) is 5.55. The number of nitrogens with one attached hydrogen (secondary N) is 1. The number of anilines is 1. The summed E-state index contributed by atoms with van der Waals surface area (Å²) in [6.07, 6.45) is 3.19. The van der Waals surface area contributed by atoms with E-state index in [0.29, 0.717) is 5.75 Å². The molecular formula is C17H19NO2. The summed E-state index contributed by atoms with van der Waals surface area (Å²) in [5, 5.41) is 22.5. The third-order valence-electron chi connectivity index (χ3n) is 3.96. The monoisotopic (exact) mass is 269 g/mol. The number of phenols is 1. The van der Waals surface area contributed by atoms with E-state index in [-0.39, 0.29) is 12.6 Å². The van der Waals surface area contributed by atoms with Crippen LogP contribution in [0.1, 0.15) is 35.6 Å². The van der Waals surface area contributed by atoms with Gasteiger partial charge in [0.1, 0.15) is 5.75 Å². The number of benzene rings is 2. The number of aliphatic hydroxyl groups excluding tert-OH is 1. The lowest BCUT2D eigenvalue weighted by Crippen LogP contribution is -2.18. The summed E-state index contributed by atoms with van der Waals surface area (Å²) in [4.78, 5) is 0. The summed E-state index contributed by atoms with van der Waals surface area (Å²) in [5.74, 6) is 0.333. The van der Waals surface area contributed by atoms with Gasteiger partial charge in [-0.15, -0.1) is 0 Å². The highest BCUT2D eigenvalue weighted by Gasteiger charge is 2.20. The van der Waals surface area contributed by atoms with Crippen molar-refractivity contribution >= 4 is 5.69 Å². The van der Waals surface area contributed by atoms with Gasteiger partial charge in [-0.2, -0.15) is 0 Å². The Bertz CT molecular complexity index is 610. The summed E-state index contributed by atoms with van der Waals surface area (Å²) < 4.78 is 0. The van der Waals surface area contributed by atoms with E-state index < -0.39 is 0 Å². The van der Waals surface area contributed by atoms with E-state index in [1.807, 2.05) is 36.4 Å². The standard InChI is InChI=1S/C17H19NO2/c19-11-13-4-1-2-6-16(13)18-17-7-3-5-12-10-14(20)8-9-15(12)17/h1-2,4,6,8-10,17-20H,3,5,7,11H2. The Morgan fingerprint density at radius 1 is 1.15 bits per heavy atom. The number of hydrogen-bond acceptors (Lipinski definition) is 3. The van der Waals surface area contributed by atoms with Crippen molar-refractivity contribution in [1.29, 1.82) is 0 Å². The van der Waals surface area contributed by atoms with Gasteiger partial charge in [0.2, 0.25) is 0 Å². The van der Waals surface area contributed by atoms with Gasteiger partial charge in [-0.3, -0.25) is 0 Å². The molecule has 0 saturated carbocycles. The van der Waals surface area contributed by atoms with Gasteiger partial charge in [0, 0.05) is 11.3 Å². The molecule has 0 saturated heterocycles. The van der Waals surface area contributed by atoms with Gasteiger partial charge < -0.3 is 15.5 Å². The Morgan fingerprint density at radius 2 is 2.00 bits per heavy atom. The Kier molecular flexibility index (Phi) is 3.61. The van der Waals surface area contributed by atoms with Crippen molar-refractivity contribution in [1.82, 2.24) is 0 Å². The van der Waals surface area contributed by atoms with Crippen molar-refractivity contribution in [2.45, 2.75) is 31.9 Å². The average molecular weight is 269 g/mol. The summed E-state index contributed by atoms with van der Waals surface area (Å²) in [6, 6.07) is 13.7. The highest BCUT2D eigenvalue weighted by atomic mass is 16.3. The maximum Gasteiger partial charge on any atom is 0.115 e. The predicted octanol–water partition coefficient (Wildman–Crippen LogP) is 3.37. The molecular weight excluding hydrogens is 250 g/mol. The van der Waals surface area contributed by atoms with Crippen LogP contribution in [0.25, 0.3) is 0 Å². The van der Waals surface area contributed by atoms with Crippen molar-refractivity contribution in [2.75, 3.05) is 5.32 Å². The van der Waals surface area contributed by atoms with Crippen LogP contribution in [0, 0.1) is 0 Å². The lowest BCUT2D eigenvalue weighted by atomic mass is 9.87. The van der Waals surface area contributed by atoms with Crippen LogP contribution in [-0.4, -0.2) is 10.2 Å². The molecule has 20 heavy (non-hydrogen) atoms. The molecule has 0 fully saturated rings. The van der Waals surface area contributed by atoms with E-state index in [1.165, 1.54) is 11.1 Å². The first kappa shape index (κ1) is 13.0. The molecule has 3 N–H and O–H groups in total. The van der Waals surface area contributed by atoms with Crippen molar-refractivity contribution in [3.63, 3.8) is 0 Å². The van der Waals surface area contributed by atoms with Crippen molar-refractivity contribution in [3.05, 3.63) is 59.2 Å². The molecule has 104 valence electrons. The second-order valence-corrected chi connectivity index (χ2v) is 5.29. The van der Waals surface area contributed by atoms with Crippen LogP contribution < -0.4 is 5.32 Å². The van der Waals surface area contributed by atoms with Crippen LogP contribution in [-0.2, 0) is 13.0 Å². The molecule has 2 aromatic rings. The molecule has 0 aromatic heterocycles. The van der Waals surface area contributed by atoms with E-state index in [0.717, 1.165) is 30.5 Å². The zero-order valence-electron chi connectivity index (χ0n) is 11.3. The van der Waals surface area contributed by atoms with Crippen molar-refractivity contribution in [3.8, 4) is 5.75 Å². The average Bonchev–Trinajstić information content (AvgIpc) is 2.47. The van der Waals surface area contributed by atoms with Crippen LogP contribution >= 0.6 is 0 Å². The van der Waals surface area contributed by atoms with E-state index in [4.69, 9.17) is 0 Å². The molecule has 3 heteroatoms. The van der Waals surface area contributed by atoms with E-state index in [2.05, 4.69) is 5.32 Å². The molecule has 0 amide bonds. The third-order valence-corrected chi connectivity index (χ3v) is 3.96. The molecule has 0 heterocycles. The first-order valence-electron chi connectivity index (χ1n) is 7.05. The largest absolute Gasteiger partial charge is 0.508 e. The highest BCUT2D eigenvalue weighted by molar-refractivity contribution is 5.53. The fraction of sp³-hybridized carbons (Fsp3) is 0.294. The topological polar surface area (TPSA) is 52.5 Å². The third kappa shape index (κ3) is 2.49. The second-order valence-electron chi connectivity index (χ2n) is 5.29. The van der Waals surface area contributed by atoms with E-state index in [1.54, 1.807) is 6.07 Å². The number of para-hydroxylation sites is 1. The molecule has 3 nitrogen and oxygen atoms in total. The SMILES string of the molecule is OCc1ccccc1NC1CCCc2cc(O)ccc21. The number of fused-ring (bicyclic) bond motifs is 1. The first-order valence-corrected chi connectivity index (χ1v) is 7.05. The van der Waals surface area contributed by atoms with E-state index in [9.17, 15) is 10.2 Å². The Hall–Kier alpha value is -2.00. The molecule has 1 unspecified atom stereocenters. The number of phenolic OH excluding ortho intramolecular Hbond substituents is 1. The molecule has 1 aliphatic rings. The maximum absolute atomic E-state index is 9.59. The van der Waals surface area contributed by atoms with Crippen molar-refractivity contribution in [2.24, 2.45) is 0 Å². The van der Waals surface area contributed by atoms with Gasteiger partial charge in [-0.25, -0.2) is 0 Å². The number of aliphatic hydroxyl groups is 1. The van der Waals surface area contributed by atoms with Gasteiger partial charge in [0.05, 0.1) is 12.6 Å². The lowest BCUT2D eigenvalue weighted by molar-refractivity contribution is 0.282. The number of aryl methyl sites for hydroxylation is 1. The smallest absolute Gasteiger partial charge is 0.115 e. The zero-order valence-corrected chi connectivity index (χ0v) is 11.3. The summed E-state index contributed by atoms with van der Waals surface area (Å²) in [6.45, 7) is 0.0400. The normalized spacial score (nSPS) is 17.6. The summed E-state index contributed by atoms with van der Waals surface area (Å²) in [5.41, 5.74) is 4.37. The molecule has 1 aliphatic carbocycles. The highest BCUT2D eigenvalue weighted by Crippen LogP contribution is 2.34. The van der Waals surface area contributed by atoms with E-state index >= 15 is 0 Å². The minimum Gasteiger partial charge on any atom is -0.508 e. The number of rotatable bonds is 3. The zero-order chi connectivity index (χ0) is 13.9. The van der Waals surface area contributed by atoms with Gasteiger partial charge in [-0.05, 0) is 48.6 Å². The fourth-order valence-corrected chi connectivity index (χ4v) is 2.94. The predicted molar refractivity (Wildman–Crippen MR) is 79.8 cm³/mol. The quantitative estimate of drug-likeness (QED) is 0.800. The number of hydrogen-bond donors (Lipinski definition) is 3. The Balaban J connectivity index is 1.89. The van der Waals surface area contributed by atoms with Gasteiger partial charge in [0.25, 0.3) is 0 Å². The van der Waals surface area contributed by atoms with Gasteiger partial charge in [-0.1, -0.05) is 24.3 Å². The van der Waals surface area contributed by atoms with Gasteiger partial charge in [0.15, 0.2) is 0 Å². The lowest BCUT2D eigenvalue weighted by Gasteiger charge is -2.28. The molecule has 0 radical (unpaired) electrons. The fourth-order valence-electron chi connectivity index (χ4n) is 2.94. The van der Waals surface area contributed by atoms with Crippen LogP contribution in [0.4, 0.5) is 5.69 Å². The van der Waals surface area contributed by atoms with Crippen molar-refractivity contribution < 1.29 is 10.2 Å². The first-order chi connectivity index (χ1) is 9.78. The van der Waals surface area contributed by atoms with Crippen LogP contribution in [0.15, 0.2) is 42.5 Å². The summed E-state index contributed by atoms with van der Waals surface area (Å²) in [7, 11) is 0. The molecule has 2 aromatic carbocycles. The molecule has 0 bridgehead atoms. The maximum atomic E-state index is 9.59.